The van der Waals surface area contributed by atoms with E-state index in [0.29, 0.717) is 6.42 Å². The number of esters is 2. The zero-order chi connectivity index (χ0) is 31.8. The van der Waals surface area contributed by atoms with E-state index in [2.05, 4.69) is 39.8 Å². The van der Waals surface area contributed by atoms with E-state index in [1.807, 2.05) is 0 Å². The van der Waals surface area contributed by atoms with Crippen LogP contribution in [0.2, 0.25) is 0 Å². The van der Waals surface area contributed by atoms with Crippen LogP contribution in [0.5, 0.6) is 0 Å². The Bertz CT molecular complexity index is 597. The van der Waals surface area contributed by atoms with Crippen molar-refractivity contribution in [1.82, 2.24) is 4.90 Å². The van der Waals surface area contributed by atoms with Gasteiger partial charge in [-0.2, -0.15) is 0 Å². The van der Waals surface area contributed by atoms with Crippen LogP contribution in [-0.2, 0) is 19.1 Å². The molecule has 0 heterocycles. The maximum Gasteiger partial charge on any atom is 0.309 e. The monoisotopic (exact) mass is 610 g/mol. The second-order valence-corrected chi connectivity index (χ2v) is 13.4. The number of unbranched alkanes of at least 4 members (excludes halogenated alkanes) is 19. The van der Waals surface area contributed by atoms with Crippen LogP contribution in [-0.4, -0.2) is 50.2 Å². The van der Waals surface area contributed by atoms with Crippen LogP contribution >= 0.6 is 0 Å². The smallest absolute Gasteiger partial charge is 0.309 e. The first-order chi connectivity index (χ1) is 20.9. The first kappa shape index (κ1) is 41.9. The minimum atomic E-state index is -0.317. The third kappa shape index (κ3) is 29.4. The van der Waals surface area contributed by atoms with Gasteiger partial charge < -0.3 is 14.4 Å². The molecule has 256 valence electrons. The Hall–Kier alpha value is -1.10. The van der Waals surface area contributed by atoms with Crippen molar-refractivity contribution in [3.63, 3.8) is 0 Å². The number of rotatable bonds is 33. The molecule has 0 spiro atoms. The molecule has 0 radical (unpaired) electrons. The molecule has 43 heavy (non-hydrogen) atoms. The molecule has 0 saturated heterocycles. The van der Waals surface area contributed by atoms with Crippen LogP contribution in [0.15, 0.2) is 0 Å². The van der Waals surface area contributed by atoms with Gasteiger partial charge in [0.25, 0.3) is 0 Å². The molecule has 0 aliphatic rings. The van der Waals surface area contributed by atoms with Gasteiger partial charge in [-0.3, -0.25) is 9.59 Å². The molecule has 0 saturated carbocycles. The molecular formula is C38H75NO4. The molecule has 0 aliphatic heterocycles. The summed E-state index contributed by atoms with van der Waals surface area (Å²) in [6, 6.07) is 0. The van der Waals surface area contributed by atoms with E-state index < -0.39 is 0 Å². The maximum absolute atomic E-state index is 13.2. The van der Waals surface area contributed by atoms with Crippen molar-refractivity contribution in [2.75, 3.05) is 27.2 Å². The molecule has 0 aromatic heterocycles. The molecule has 1 unspecified atom stereocenters. The Morgan fingerprint density at radius 3 is 1.44 bits per heavy atom. The van der Waals surface area contributed by atoms with E-state index in [1.165, 1.54) is 103 Å². The van der Waals surface area contributed by atoms with Crippen molar-refractivity contribution in [2.45, 2.75) is 200 Å². The Morgan fingerprint density at radius 1 is 0.535 bits per heavy atom. The Balaban J connectivity index is 4.66. The van der Waals surface area contributed by atoms with Gasteiger partial charge in [0.05, 0.1) is 5.92 Å². The van der Waals surface area contributed by atoms with Crippen molar-refractivity contribution in [1.29, 1.82) is 0 Å². The largest absolute Gasteiger partial charge is 0.462 e. The van der Waals surface area contributed by atoms with E-state index >= 15 is 0 Å². The minimum Gasteiger partial charge on any atom is -0.462 e. The van der Waals surface area contributed by atoms with Crippen molar-refractivity contribution in [2.24, 2.45) is 5.92 Å². The molecule has 0 bridgehead atoms. The van der Waals surface area contributed by atoms with Crippen molar-refractivity contribution in [3.05, 3.63) is 0 Å². The van der Waals surface area contributed by atoms with Crippen molar-refractivity contribution in [3.8, 4) is 0 Å². The molecule has 0 rings (SSSR count). The molecule has 0 N–H and O–H groups in total. The second-order valence-electron chi connectivity index (χ2n) is 13.4. The van der Waals surface area contributed by atoms with Crippen LogP contribution in [0, 0.1) is 5.92 Å². The van der Waals surface area contributed by atoms with Crippen LogP contribution in [0.25, 0.3) is 0 Å². The quantitative estimate of drug-likeness (QED) is 0.0547. The highest BCUT2D eigenvalue weighted by Gasteiger charge is 2.22. The molecule has 0 aromatic carbocycles. The van der Waals surface area contributed by atoms with Crippen LogP contribution in [0.1, 0.15) is 194 Å². The minimum absolute atomic E-state index is 0.0200. The third-order valence-corrected chi connectivity index (χ3v) is 8.72. The fourth-order valence-corrected chi connectivity index (χ4v) is 5.82. The van der Waals surface area contributed by atoms with E-state index in [-0.39, 0.29) is 30.6 Å². The predicted octanol–water partition coefficient (Wildman–Crippen LogP) is 11.2. The first-order valence-electron chi connectivity index (χ1n) is 18.9. The van der Waals surface area contributed by atoms with E-state index in [4.69, 9.17) is 9.47 Å². The number of nitrogens with zero attached hydrogens (tertiary/aromatic N) is 1. The van der Waals surface area contributed by atoms with Gasteiger partial charge in [0.1, 0.15) is 12.7 Å². The van der Waals surface area contributed by atoms with Gasteiger partial charge in [0.2, 0.25) is 0 Å². The van der Waals surface area contributed by atoms with Gasteiger partial charge in [0.15, 0.2) is 0 Å². The van der Waals surface area contributed by atoms with Crippen molar-refractivity contribution >= 4 is 11.9 Å². The summed E-state index contributed by atoms with van der Waals surface area (Å²) in [5, 5.41) is 0. The predicted molar refractivity (Wildman–Crippen MR) is 185 cm³/mol. The Labute approximate surface area is 269 Å². The number of carbonyl (C=O) groups is 2. The van der Waals surface area contributed by atoms with Gasteiger partial charge in [-0.25, -0.2) is 0 Å². The van der Waals surface area contributed by atoms with E-state index in [1.54, 1.807) is 0 Å². The summed E-state index contributed by atoms with van der Waals surface area (Å²) in [5.74, 6) is -0.235. The summed E-state index contributed by atoms with van der Waals surface area (Å²) < 4.78 is 11.8. The van der Waals surface area contributed by atoms with E-state index in [0.717, 1.165) is 70.8 Å². The molecular weight excluding hydrogens is 534 g/mol. The third-order valence-electron chi connectivity index (χ3n) is 8.72. The van der Waals surface area contributed by atoms with Gasteiger partial charge >= 0.3 is 11.9 Å². The lowest BCUT2D eigenvalue weighted by molar-refractivity contribution is -0.162. The second kappa shape index (κ2) is 32.3. The average molecular weight is 610 g/mol. The number of hydrogen-bond acceptors (Lipinski definition) is 5. The number of ether oxygens (including phenoxy) is 2. The molecule has 0 aromatic rings. The summed E-state index contributed by atoms with van der Waals surface area (Å²) in [4.78, 5) is 28.0. The highest BCUT2D eigenvalue weighted by molar-refractivity contribution is 5.72. The molecule has 0 amide bonds. The highest BCUT2D eigenvalue weighted by atomic mass is 16.6. The zero-order valence-corrected chi connectivity index (χ0v) is 29.7. The first-order valence-corrected chi connectivity index (χ1v) is 18.9. The van der Waals surface area contributed by atoms with Crippen molar-refractivity contribution < 1.29 is 19.1 Å². The fourth-order valence-electron chi connectivity index (χ4n) is 5.82. The normalized spacial score (nSPS) is 12.3. The SMILES string of the molecule is CCCCCCCCCCCCCCC(COC(=O)C(CCCCCC)CCCCCC)OC(=O)CCCCCN(C)C. The molecule has 5 heteroatoms. The molecule has 1 atom stereocenters. The summed E-state index contributed by atoms with van der Waals surface area (Å²) in [6.45, 7) is 7.97. The molecule has 0 fully saturated rings. The van der Waals surface area contributed by atoms with Crippen LogP contribution in [0.3, 0.4) is 0 Å². The van der Waals surface area contributed by atoms with Crippen LogP contribution in [0.4, 0.5) is 0 Å². The van der Waals surface area contributed by atoms with Gasteiger partial charge in [-0.05, 0) is 59.2 Å². The van der Waals surface area contributed by atoms with Crippen LogP contribution < -0.4 is 0 Å². The Morgan fingerprint density at radius 2 is 0.953 bits per heavy atom. The fraction of sp³-hybridized carbons (Fsp3) is 0.947. The summed E-state index contributed by atoms with van der Waals surface area (Å²) in [6.07, 6.45) is 30.8. The lowest BCUT2D eigenvalue weighted by Gasteiger charge is -2.21. The van der Waals surface area contributed by atoms with Gasteiger partial charge in [-0.1, -0.05) is 149 Å². The zero-order valence-electron chi connectivity index (χ0n) is 29.7. The average Bonchev–Trinajstić information content (AvgIpc) is 2.98. The highest BCUT2D eigenvalue weighted by Crippen LogP contribution is 2.21. The molecule has 0 aliphatic carbocycles. The number of carbonyl (C=O) groups excluding carboxylic acids is 2. The van der Waals surface area contributed by atoms with E-state index in [9.17, 15) is 9.59 Å². The lowest BCUT2D eigenvalue weighted by atomic mass is 9.94. The standard InChI is InChI=1S/C38H75NO4/c1-6-9-12-15-16-17-18-19-20-21-22-26-31-36(43-37(40)32-27-23-28-33-39(4)5)34-42-38(41)35(29-24-13-10-7-2)30-25-14-11-8-3/h35-36H,6-34H2,1-5H3. The molecule has 5 nitrogen and oxygen atoms in total. The summed E-state index contributed by atoms with van der Waals surface area (Å²) in [5.41, 5.74) is 0. The van der Waals surface area contributed by atoms with Gasteiger partial charge in [0, 0.05) is 6.42 Å². The summed E-state index contributed by atoms with van der Waals surface area (Å²) in [7, 11) is 4.16. The Kier molecular flexibility index (Phi) is 31.5. The number of hydrogen-bond donors (Lipinski definition) is 0. The lowest BCUT2D eigenvalue weighted by Crippen LogP contribution is -2.28. The maximum atomic E-state index is 13.2. The summed E-state index contributed by atoms with van der Waals surface area (Å²) >= 11 is 0. The topological polar surface area (TPSA) is 55.8 Å². The van der Waals surface area contributed by atoms with Gasteiger partial charge in [-0.15, -0.1) is 0 Å².